The molecule has 0 spiro atoms. The zero-order valence-corrected chi connectivity index (χ0v) is 11.2. The van der Waals surface area contributed by atoms with Crippen LogP contribution in [0, 0.1) is 11.6 Å². The van der Waals surface area contributed by atoms with Gasteiger partial charge in [-0.1, -0.05) is 0 Å². The molecular weight excluding hydrogens is 329 g/mol. The van der Waals surface area contributed by atoms with Gasteiger partial charge in [0.1, 0.15) is 11.6 Å². The van der Waals surface area contributed by atoms with Gasteiger partial charge >= 0.3 is 0 Å². The Labute approximate surface area is 115 Å². The third-order valence-corrected chi connectivity index (χ3v) is 3.41. The van der Waals surface area contributed by atoms with Crippen molar-refractivity contribution in [3.05, 3.63) is 56.9 Å². The summed E-state index contributed by atoms with van der Waals surface area (Å²) in [7, 11) is 0. The Morgan fingerprint density at radius 3 is 2.61 bits per heavy atom. The smallest absolute Gasteiger partial charge is 0.198 e. The van der Waals surface area contributed by atoms with Crippen LogP contribution in [0.4, 0.5) is 8.78 Å². The van der Waals surface area contributed by atoms with E-state index in [9.17, 15) is 8.78 Å². The lowest BCUT2D eigenvalue weighted by molar-refractivity contribution is 0.502. The molecule has 2 aromatic rings. The second kappa shape index (κ2) is 5.36. The van der Waals surface area contributed by atoms with Crippen molar-refractivity contribution in [2.24, 2.45) is 5.84 Å². The number of rotatable bonds is 3. The van der Waals surface area contributed by atoms with E-state index >= 15 is 0 Å². The Hall–Kier alpha value is -0.950. The number of halogens is 4. The average Bonchev–Trinajstić information content (AvgIpc) is 2.76. The third kappa shape index (κ3) is 2.29. The molecule has 1 heterocycles. The average molecular weight is 338 g/mol. The summed E-state index contributed by atoms with van der Waals surface area (Å²) in [6.07, 6.45) is 1.32. The number of benzene rings is 1. The molecule has 0 amide bonds. The summed E-state index contributed by atoms with van der Waals surface area (Å²) in [6.45, 7) is 0. The molecule has 3 nitrogen and oxygen atoms in total. The van der Waals surface area contributed by atoms with Gasteiger partial charge in [-0.05, 0) is 45.7 Å². The Kier molecular flexibility index (Phi) is 4.01. The second-order valence-corrected chi connectivity index (χ2v) is 4.70. The van der Waals surface area contributed by atoms with Crippen molar-refractivity contribution in [2.75, 3.05) is 0 Å². The monoisotopic (exact) mass is 336 g/mol. The number of hydrogen-bond acceptors (Lipinski definition) is 3. The number of hydrazine groups is 1. The highest BCUT2D eigenvalue weighted by molar-refractivity contribution is 9.10. The van der Waals surface area contributed by atoms with E-state index in [1.165, 1.54) is 18.4 Å². The fourth-order valence-electron chi connectivity index (χ4n) is 1.65. The lowest BCUT2D eigenvalue weighted by Gasteiger charge is -2.17. The van der Waals surface area contributed by atoms with Crippen LogP contribution in [0.15, 0.2) is 33.4 Å². The summed E-state index contributed by atoms with van der Waals surface area (Å²) < 4.78 is 32.8. The first kappa shape index (κ1) is 13.5. The maximum absolute atomic E-state index is 14.0. The van der Waals surface area contributed by atoms with Crippen LogP contribution >= 0.6 is 27.5 Å². The maximum atomic E-state index is 14.0. The van der Waals surface area contributed by atoms with Crippen molar-refractivity contribution in [3.63, 3.8) is 0 Å². The molecule has 1 aromatic carbocycles. The highest BCUT2D eigenvalue weighted by Gasteiger charge is 2.25. The fourth-order valence-corrected chi connectivity index (χ4v) is 2.22. The molecule has 0 fully saturated rings. The number of furan rings is 1. The predicted octanol–water partition coefficient (Wildman–Crippen LogP) is 3.53. The van der Waals surface area contributed by atoms with E-state index in [4.69, 9.17) is 21.9 Å². The van der Waals surface area contributed by atoms with Gasteiger partial charge in [-0.3, -0.25) is 5.84 Å². The quantitative estimate of drug-likeness (QED) is 0.512. The first-order valence-electron chi connectivity index (χ1n) is 4.88. The molecule has 0 aliphatic heterocycles. The van der Waals surface area contributed by atoms with Gasteiger partial charge < -0.3 is 4.42 Å². The molecule has 0 bridgehead atoms. The minimum atomic E-state index is -0.936. The third-order valence-electron chi connectivity index (χ3n) is 2.49. The van der Waals surface area contributed by atoms with Crippen LogP contribution in [0.3, 0.4) is 0 Å². The van der Waals surface area contributed by atoms with Crippen molar-refractivity contribution >= 4 is 27.5 Å². The van der Waals surface area contributed by atoms with E-state index in [-0.39, 0.29) is 15.3 Å². The molecule has 0 saturated carbocycles. The molecule has 0 saturated heterocycles. The van der Waals surface area contributed by atoms with Gasteiger partial charge in [0.15, 0.2) is 5.22 Å². The van der Waals surface area contributed by atoms with Crippen LogP contribution in [-0.2, 0) is 0 Å². The van der Waals surface area contributed by atoms with E-state index in [1.54, 1.807) is 0 Å². The van der Waals surface area contributed by atoms with Crippen LogP contribution in [0.25, 0.3) is 0 Å². The normalized spacial score (nSPS) is 12.7. The molecule has 1 atom stereocenters. The molecule has 0 radical (unpaired) electrons. The summed E-state index contributed by atoms with van der Waals surface area (Å²) in [5, 5.41) is 0.0247. The highest BCUT2D eigenvalue weighted by Crippen LogP contribution is 2.33. The SMILES string of the molecule is NNC(c1ccoc1Cl)c1c(F)ccc(Br)c1F. The largest absolute Gasteiger partial charge is 0.453 e. The van der Waals surface area contributed by atoms with Gasteiger partial charge in [0.2, 0.25) is 0 Å². The Bertz CT molecular complexity index is 576. The van der Waals surface area contributed by atoms with Gasteiger partial charge in [0.05, 0.1) is 16.8 Å². The lowest BCUT2D eigenvalue weighted by atomic mass is 10.0. The number of hydrogen-bond donors (Lipinski definition) is 2. The van der Waals surface area contributed by atoms with Crippen molar-refractivity contribution in [2.45, 2.75) is 6.04 Å². The minimum absolute atomic E-state index is 0.0247. The molecule has 96 valence electrons. The summed E-state index contributed by atoms with van der Waals surface area (Å²) in [4.78, 5) is 0. The van der Waals surface area contributed by atoms with E-state index in [0.717, 1.165) is 6.07 Å². The predicted molar refractivity (Wildman–Crippen MR) is 66.9 cm³/mol. The van der Waals surface area contributed by atoms with Crippen LogP contribution < -0.4 is 11.3 Å². The van der Waals surface area contributed by atoms with Crippen LogP contribution in [-0.4, -0.2) is 0 Å². The van der Waals surface area contributed by atoms with Crippen LogP contribution in [0.5, 0.6) is 0 Å². The minimum Gasteiger partial charge on any atom is -0.453 e. The summed E-state index contributed by atoms with van der Waals surface area (Å²) in [5.74, 6) is 3.89. The zero-order valence-electron chi connectivity index (χ0n) is 8.88. The van der Waals surface area contributed by atoms with Crippen LogP contribution in [0.2, 0.25) is 5.22 Å². The maximum Gasteiger partial charge on any atom is 0.198 e. The number of nitrogens with one attached hydrogen (secondary N) is 1. The van der Waals surface area contributed by atoms with Gasteiger partial charge in [0.25, 0.3) is 0 Å². The zero-order chi connectivity index (χ0) is 13.3. The van der Waals surface area contributed by atoms with Crippen LogP contribution in [0.1, 0.15) is 17.2 Å². The molecular formula is C11H8BrClF2N2O. The molecule has 0 aliphatic rings. The van der Waals surface area contributed by atoms with E-state index in [1.807, 2.05) is 0 Å². The highest BCUT2D eigenvalue weighted by atomic mass is 79.9. The second-order valence-electron chi connectivity index (χ2n) is 3.51. The van der Waals surface area contributed by atoms with E-state index < -0.39 is 17.7 Å². The van der Waals surface area contributed by atoms with Gasteiger partial charge in [-0.25, -0.2) is 14.2 Å². The first-order valence-corrected chi connectivity index (χ1v) is 6.05. The summed E-state index contributed by atoms with van der Waals surface area (Å²) in [5.41, 5.74) is 2.46. The summed E-state index contributed by atoms with van der Waals surface area (Å²) in [6, 6.07) is 2.97. The Morgan fingerprint density at radius 1 is 1.33 bits per heavy atom. The molecule has 2 rings (SSSR count). The topological polar surface area (TPSA) is 51.2 Å². The van der Waals surface area contributed by atoms with E-state index in [2.05, 4.69) is 21.4 Å². The van der Waals surface area contributed by atoms with Crippen molar-refractivity contribution < 1.29 is 13.2 Å². The molecule has 1 aromatic heterocycles. The van der Waals surface area contributed by atoms with Crippen molar-refractivity contribution in [1.29, 1.82) is 0 Å². The van der Waals surface area contributed by atoms with Crippen molar-refractivity contribution in [1.82, 2.24) is 5.43 Å². The molecule has 3 N–H and O–H groups in total. The molecule has 1 unspecified atom stereocenters. The van der Waals surface area contributed by atoms with E-state index in [0.29, 0.717) is 5.56 Å². The molecule has 7 heteroatoms. The fraction of sp³-hybridized carbons (Fsp3) is 0.0909. The standard InChI is InChI=1S/C11H8BrClF2N2O/c12-6-1-2-7(14)8(9(6)15)10(17-16)5-3-4-18-11(5)13/h1-4,10,17H,16H2. The first-order chi connectivity index (χ1) is 8.56. The van der Waals surface area contributed by atoms with Gasteiger partial charge in [0, 0.05) is 11.1 Å². The Balaban J connectivity index is 2.59. The summed E-state index contributed by atoms with van der Waals surface area (Å²) >= 11 is 8.78. The Morgan fingerprint density at radius 2 is 2.06 bits per heavy atom. The lowest BCUT2D eigenvalue weighted by Crippen LogP contribution is -2.30. The molecule has 18 heavy (non-hydrogen) atoms. The van der Waals surface area contributed by atoms with Gasteiger partial charge in [-0.15, -0.1) is 0 Å². The molecule has 0 aliphatic carbocycles. The van der Waals surface area contributed by atoms with Gasteiger partial charge in [-0.2, -0.15) is 0 Å². The number of nitrogens with two attached hydrogens (primary N) is 1. The van der Waals surface area contributed by atoms with Crippen molar-refractivity contribution in [3.8, 4) is 0 Å².